The summed E-state index contributed by atoms with van der Waals surface area (Å²) >= 11 is 0. The van der Waals surface area contributed by atoms with Crippen LogP contribution in [0.4, 0.5) is 5.69 Å². The molecular formula is C26H30N2O3S. The highest BCUT2D eigenvalue weighted by Gasteiger charge is 2.27. The summed E-state index contributed by atoms with van der Waals surface area (Å²) < 4.78 is 27.9. The van der Waals surface area contributed by atoms with E-state index in [2.05, 4.69) is 24.4 Å². The van der Waals surface area contributed by atoms with Crippen LogP contribution in [-0.2, 0) is 21.2 Å². The minimum absolute atomic E-state index is 0.162. The van der Waals surface area contributed by atoms with Crippen molar-refractivity contribution in [2.45, 2.75) is 31.6 Å². The highest BCUT2D eigenvalue weighted by Crippen LogP contribution is 2.23. The number of nitrogens with one attached hydrogen (secondary N) is 1. The standard InChI is InChI=1S/C26H30N2O3S/c1-3-22(18-23-10-6-4-7-11-23)19-27-26(29)20-28(24-12-8-5-9-13-24)32(30,31)25-16-14-21(2)15-17-25/h4-17,22H,3,18-20H2,1-2H3,(H,27,29). The molecule has 3 aromatic rings. The van der Waals surface area contributed by atoms with Crippen molar-refractivity contribution in [3.05, 3.63) is 96.1 Å². The van der Waals surface area contributed by atoms with E-state index in [-0.39, 0.29) is 23.3 Å². The summed E-state index contributed by atoms with van der Waals surface area (Å²) in [6.07, 6.45) is 1.78. The predicted molar refractivity (Wildman–Crippen MR) is 129 cm³/mol. The summed E-state index contributed by atoms with van der Waals surface area (Å²) in [6.45, 7) is 4.22. The number of sulfonamides is 1. The van der Waals surface area contributed by atoms with Gasteiger partial charge in [-0.2, -0.15) is 0 Å². The molecule has 6 heteroatoms. The lowest BCUT2D eigenvalue weighted by molar-refractivity contribution is -0.119. The number of nitrogens with zero attached hydrogens (tertiary/aromatic N) is 1. The number of anilines is 1. The van der Waals surface area contributed by atoms with Gasteiger partial charge in [-0.25, -0.2) is 8.42 Å². The van der Waals surface area contributed by atoms with Gasteiger partial charge in [0.2, 0.25) is 5.91 Å². The molecule has 1 atom stereocenters. The number of rotatable bonds is 10. The maximum absolute atomic E-state index is 13.4. The summed E-state index contributed by atoms with van der Waals surface area (Å²) in [5, 5.41) is 2.94. The molecule has 168 valence electrons. The first kappa shape index (κ1) is 23.5. The summed E-state index contributed by atoms with van der Waals surface area (Å²) in [5.41, 5.74) is 2.65. The van der Waals surface area contributed by atoms with Crippen LogP contribution in [0, 0.1) is 12.8 Å². The molecule has 0 aliphatic heterocycles. The highest BCUT2D eigenvalue weighted by atomic mass is 32.2. The van der Waals surface area contributed by atoms with Crippen LogP contribution in [0.5, 0.6) is 0 Å². The first-order valence-corrected chi connectivity index (χ1v) is 12.3. The highest BCUT2D eigenvalue weighted by molar-refractivity contribution is 7.92. The average Bonchev–Trinajstić information content (AvgIpc) is 2.81. The molecule has 5 nitrogen and oxygen atoms in total. The second-order valence-electron chi connectivity index (χ2n) is 7.93. The molecule has 0 spiro atoms. The fourth-order valence-electron chi connectivity index (χ4n) is 3.50. The average molecular weight is 451 g/mol. The molecular weight excluding hydrogens is 420 g/mol. The van der Waals surface area contributed by atoms with E-state index in [1.54, 1.807) is 48.5 Å². The third kappa shape index (κ3) is 6.20. The van der Waals surface area contributed by atoms with Gasteiger partial charge < -0.3 is 5.32 Å². The SMILES string of the molecule is CCC(CNC(=O)CN(c1ccccc1)S(=O)(=O)c1ccc(C)cc1)Cc1ccccc1. The van der Waals surface area contributed by atoms with Gasteiger partial charge in [0, 0.05) is 6.54 Å². The van der Waals surface area contributed by atoms with Gasteiger partial charge in [-0.15, -0.1) is 0 Å². The minimum atomic E-state index is -3.89. The van der Waals surface area contributed by atoms with E-state index in [1.807, 2.05) is 31.2 Å². The zero-order chi connectivity index (χ0) is 23.0. The van der Waals surface area contributed by atoms with Crippen molar-refractivity contribution < 1.29 is 13.2 Å². The Balaban J connectivity index is 1.73. The Hall–Kier alpha value is -3.12. The fraction of sp³-hybridized carbons (Fsp3) is 0.269. The zero-order valence-corrected chi connectivity index (χ0v) is 19.4. The first-order chi connectivity index (χ1) is 15.4. The van der Waals surface area contributed by atoms with Crippen LogP contribution >= 0.6 is 0 Å². The molecule has 3 aromatic carbocycles. The van der Waals surface area contributed by atoms with Crippen LogP contribution in [0.25, 0.3) is 0 Å². The Morgan fingerprint density at radius 2 is 1.50 bits per heavy atom. The lowest BCUT2D eigenvalue weighted by Crippen LogP contribution is -2.42. The molecule has 0 radical (unpaired) electrons. The molecule has 0 aliphatic rings. The largest absolute Gasteiger partial charge is 0.354 e. The molecule has 32 heavy (non-hydrogen) atoms. The Bertz CT molecular complexity index is 1100. The van der Waals surface area contributed by atoms with Gasteiger partial charge in [0.25, 0.3) is 10.0 Å². The monoisotopic (exact) mass is 450 g/mol. The molecule has 0 bridgehead atoms. The first-order valence-electron chi connectivity index (χ1n) is 10.8. The van der Waals surface area contributed by atoms with Crippen molar-refractivity contribution in [1.82, 2.24) is 5.32 Å². The van der Waals surface area contributed by atoms with Crippen molar-refractivity contribution >= 4 is 21.6 Å². The van der Waals surface area contributed by atoms with Gasteiger partial charge in [-0.3, -0.25) is 9.10 Å². The third-order valence-electron chi connectivity index (χ3n) is 5.47. The Morgan fingerprint density at radius 1 is 0.906 bits per heavy atom. The molecule has 1 amide bonds. The lowest BCUT2D eigenvalue weighted by atomic mass is 9.97. The quantitative estimate of drug-likeness (QED) is 0.492. The van der Waals surface area contributed by atoms with Crippen LogP contribution in [0.15, 0.2) is 89.8 Å². The fourth-order valence-corrected chi connectivity index (χ4v) is 4.92. The van der Waals surface area contributed by atoms with Crippen molar-refractivity contribution in [3.8, 4) is 0 Å². The van der Waals surface area contributed by atoms with Gasteiger partial charge in [0.1, 0.15) is 6.54 Å². The normalized spacial score (nSPS) is 12.2. The van der Waals surface area contributed by atoms with Crippen molar-refractivity contribution in [3.63, 3.8) is 0 Å². The second kappa shape index (κ2) is 11.0. The topological polar surface area (TPSA) is 66.5 Å². The number of amides is 1. The summed E-state index contributed by atoms with van der Waals surface area (Å²) in [6, 6.07) is 25.6. The molecule has 0 aromatic heterocycles. The number of hydrogen-bond acceptors (Lipinski definition) is 3. The maximum Gasteiger partial charge on any atom is 0.264 e. The van der Waals surface area contributed by atoms with Gasteiger partial charge >= 0.3 is 0 Å². The second-order valence-corrected chi connectivity index (χ2v) is 9.79. The van der Waals surface area contributed by atoms with E-state index in [0.29, 0.717) is 12.2 Å². The Kier molecular flexibility index (Phi) is 8.06. The van der Waals surface area contributed by atoms with Crippen molar-refractivity contribution in [2.75, 3.05) is 17.4 Å². The van der Waals surface area contributed by atoms with Crippen molar-refractivity contribution in [1.29, 1.82) is 0 Å². The van der Waals surface area contributed by atoms with E-state index in [1.165, 1.54) is 9.87 Å². The van der Waals surface area contributed by atoms with Crippen LogP contribution in [-0.4, -0.2) is 27.4 Å². The van der Waals surface area contributed by atoms with Gasteiger partial charge in [0.15, 0.2) is 0 Å². The van der Waals surface area contributed by atoms with E-state index in [4.69, 9.17) is 0 Å². The molecule has 1 N–H and O–H groups in total. The van der Waals surface area contributed by atoms with Gasteiger partial charge in [-0.1, -0.05) is 79.6 Å². The smallest absolute Gasteiger partial charge is 0.264 e. The number of carbonyl (C=O) groups excluding carboxylic acids is 1. The number of benzene rings is 3. The molecule has 1 unspecified atom stereocenters. The summed E-state index contributed by atoms with van der Waals surface area (Å²) in [5.74, 6) is -0.0451. The predicted octanol–water partition coefficient (Wildman–Crippen LogP) is 4.58. The lowest BCUT2D eigenvalue weighted by Gasteiger charge is -2.25. The van der Waals surface area contributed by atoms with E-state index in [0.717, 1.165) is 18.4 Å². The number of aryl methyl sites for hydroxylation is 1. The maximum atomic E-state index is 13.4. The van der Waals surface area contributed by atoms with Crippen LogP contribution in [0.2, 0.25) is 0 Å². The van der Waals surface area contributed by atoms with Crippen LogP contribution < -0.4 is 9.62 Å². The molecule has 0 saturated carbocycles. The van der Waals surface area contributed by atoms with E-state index in [9.17, 15) is 13.2 Å². The Morgan fingerprint density at radius 3 is 2.09 bits per heavy atom. The third-order valence-corrected chi connectivity index (χ3v) is 7.26. The van der Waals surface area contributed by atoms with Gasteiger partial charge in [-0.05, 0) is 49.1 Å². The van der Waals surface area contributed by atoms with Gasteiger partial charge in [0.05, 0.1) is 10.6 Å². The molecule has 0 saturated heterocycles. The minimum Gasteiger partial charge on any atom is -0.354 e. The number of para-hydroxylation sites is 1. The van der Waals surface area contributed by atoms with E-state index >= 15 is 0 Å². The van der Waals surface area contributed by atoms with E-state index < -0.39 is 10.0 Å². The summed E-state index contributed by atoms with van der Waals surface area (Å²) in [4.78, 5) is 13.0. The zero-order valence-electron chi connectivity index (χ0n) is 18.6. The van der Waals surface area contributed by atoms with Crippen LogP contribution in [0.1, 0.15) is 24.5 Å². The van der Waals surface area contributed by atoms with Crippen molar-refractivity contribution in [2.24, 2.45) is 5.92 Å². The molecule has 0 aliphatic carbocycles. The number of carbonyl (C=O) groups is 1. The Labute approximate surface area is 191 Å². The molecule has 3 rings (SSSR count). The molecule has 0 fully saturated rings. The van der Waals surface area contributed by atoms with Crippen LogP contribution in [0.3, 0.4) is 0 Å². The number of hydrogen-bond donors (Lipinski definition) is 1. The summed E-state index contributed by atoms with van der Waals surface area (Å²) in [7, 11) is -3.89. The molecule has 0 heterocycles.